The van der Waals surface area contributed by atoms with Gasteiger partial charge in [0.15, 0.2) is 12.2 Å². The van der Waals surface area contributed by atoms with E-state index in [0.29, 0.717) is 5.56 Å². The minimum atomic E-state index is 0.0716. The molecule has 4 rings (SSSR count). The van der Waals surface area contributed by atoms with Crippen molar-refractivity contribution < 1.29 is 9.36 Å². The van der Waals surface area contributed by atoms with Gasteiger partial charge in [0.25, 0.3) is 6.33 Å². The second kappa shape index (κ2) is 7.75. The lowest BCUT2D eigenvalue weighted by Crippen LogP contribution is -2.37. The molecule has 4 aromatic rings. The van der Waals surface area contributed by atoms with Crippen LogP contribution in [0, 0.1) is 0 Å². The van der Waals surface area contributed by atoms with Gasteiger partial charge in [0.1, 0.15) is 0 Å². The van der Waals surface area contributed by atoms with Crippen LogP contribution in [0.3, 0.4) is 0 Å². The zero-order chi connectivity index (χ0) is 18.5. The third-order valence-corrected chi connectivity index (χ3v) is 4.48. The molecule has 0 saturated heterocycles. The summed E-state index contributed by atoms with van der Waals surface area (Å²) in [5.41, 5.74) is 5.03. The fourth-order valence-corrected chi connectivity index (χ4v) is 2.99. The number of aromatic nitrogens is 2. The Balaban J connectivity index is 1.48. The van der Waals surface area contributed by atoms with Gasteiger partial charge in [-0.2, -0.15) is 0 Å². The standard InChI is InChI=1S/C24H19N2O/c27-24(22-9-5-2-6-10-22)17-26-16-15-23(25-18-26)21-13-11-20(12-14-21)19-7-3-1-4-8-19/h1-16,18H,17H2/q+1. The van der Waals surface area contributed by atoms with Crippen LogP contribution < -0.4 is 4.57 Å². The van der Waals surface area contributed by atoms with Crippen molar-refractivity contribution in [2.24, 2.45) is 0 Å². The van der Waals surface area contributed by atoms with Crippen LogP contribution in [0.1, 0.15) is 10.4 Å². The van der Waals surface area contributed by atoms with Crippen LogP contribution in [-0.4, -0.2) is 10.8 Å². The number of ketones is 1. The number of nitrogens with zero attached hydrogens (tertiary/aromatic N) is 2. The average Bonchev–Trinajstić information content (AvgIpc) is 2.76. The maximum atomic E-state index is 12.3. The van der Waals surface area contributed by atoms with Crippen molar-refractivity contribution in [3.63, 3.8) is 0 Å². The Morgan fingerprint density at radius 3 is 1.93 bits per heavy atom. The SMILES string of the molecule is O=C(C[n+]1ccc(-c2ccc(-c3ccccc3)cc2)nc1)c1ccccc1. The van der Waals surface area contributed by atoms with E-state index in [4.69, 9.17) is 0 Å². The first-order chi connectivity index (χ1) is 13.3. The van der Waals surface area contributed by atoms with Crippen LogP contribution in [0.4, 0.5) is 0 Å². The summed E-state index contributed by atoms with van der Waals surface area (Å²) in [6, 6.07) is 29.9. The Labute approximate surface area is 158 Å². The second-order valence-corrected chi connectivity index (χ2v) is 6.35. The molecule has 3 heteroatoms. The van der Waals surface area contributed by atoms with Crippen LogP contribution in [-0.2, 0) is 6.54 Å². The van der Waals surface area contributed by atoms with E-state index in [1.165, 1.54) is 11.1 Å². The zero-order valence-electron chi connectivity index (χ0n) is 14.8. The fourth-order valence-electron chi connectivity index (χ4n) is 2.99. The van der Waals surface area contributed by atoms with Crippen LogP contribution in [0.25, 0.3) is 22.4 Å². The highest BCUT2D eigenvalue weighted by molar-refractivity contribution is 5.94. The van der Waals surface area contributed by atoms with Crippen molar-refractivity contribution in [1.82, 2.24) is 4.98 Å². The molecule has 0 aliphatic carbocycles. The van der Waals surface area contributed by atoms with Crippen molar-refractivity contribution in [2.75, 3.05) is 0 Å². The average molecular weight is 351 g/mol. The third kappa shape index (κ3) is 3.98. The first-order valence-corrected chi connectivity index (χ1v) is 8.89. The minimum absolute atomic E-state index is 0.0716. The minimum Gasteiger partial charge on any atom is -0.290 e. The highest BCUT2D eigenvalue weighted by Gasteiger charge is 2.11. The van der Waals surface area contributed by atoms with Crippen molar-refractivity contribution in [2.45, 2.75) is 6.54 Å². The number of Topliss-reactive ketones (excluding diaryl/α,β-unsaturated/α-hetero) is 1. The summed E-state index contributed by atoms with van der Waals surface area (Å²) in [4.78, 5) is 16.8. The Morgan fingerprint density at radius 2 is 1.30 bits per heavy atom. The van der Waals surface area contributed by atoms with Crippen LogP contribution >= 0.6 is 0 Å². The Bertz CT molecular complexity index is 1030. The number of hydrogen-bond donors (Lipinski definition) is 0. The van der Waals surface area contributed by atoms with Gasteiger partial charge in [-0.15, -0.1) is 0 Å². The fraction of sp³-hybridized carbons (Fsp3) is 0.0417. The van der Waals surface area contributed by atoms with Gasteiger partial charge in [0.2, 0.25) is 5.78 Å². The van der Waals surface area contributed by atoms with E-state index in [0.717, 1.165) is 11.3 Å². The van der Waals surface area contributed by atoms with Crippen molar-refractivity contribution in [3.05, 3.63) is 109 Å². The quantitative estimate of drug-likeness (QED) is 0.389. The number of carbonyl (C=O) groups excluding carboxylic acids is 1. The first kappa shape index (κ1) is 16.9. The van der Waals surface area contributed by atoms with Gasteiger partial charge in [-0.05, 0) is 28.2 Å². The van der Waals surface area contributed by atoms with E-state index in [9.17, 15) is 4.79 Å². The summed E-state index contributed by atoms with van der Waals surface area (Å²) < 4.78 is 1.80. The van der Waals surface area contributed by atoms with Crippen LogP contribution in [0.15, 0.2) is 104 Å². The van der Waals surface area contributed by atoms with E-state index < -0.39 is 0 Å². The molecule has 0 fully saturated rings. The van der Waals surface area contributed by atoms with Gasteiger partial charge in [-0.25, -0.2) is 4.57 Å². The van der Waals surface area contributed by atoms with E-state index in [-0.39, 0.29) is 12.3 Å². The summed E-state index contributed by atoms with van der Waals surface area (Å²) in [5, 5.41) is 0. The molecular formula is C24H19N2O+. The zero-order valence-corrected chi connectivity index (χ0v) is 14.8. The summed E-state index contributed by atoms with van der Waals surface area (Å²) in [5.74, 6) is 0.0716. The topological polar surface area (TPSA) is 33.8 Å². The van der Waals surface area contributed by atoms with E-state index in [1.54, 1.807) is 10.9 Å². The summed E-state index contributed by atoms with van der Waals surface area (Å²) >= 11 is 0. The van der Waals surface area contributed by atoms with Gasteiger partial charge in [0, 0.05) is 17.2 Å². The van der Waals surface area contributed by atoms with Gasteiger partial charge in [-0.1, -0.05) is 72.8 Å². The Morgan fingerprint density at radius 1 is 0.704 bits per heavy atom. The summed E-state index contributed by atoms with van der Waals surface area (Å²) in [6.07, 6.45) is 3.61. The smallest absolute Gasteiger partial charge is 0.287 e. The van der Waals surface area contributed by atoms with Gasteiger partial charge < -0.3 is 0 Å². The molecule has 0 radical (unpaired) electrons. The predicted octanol–water partition coefficient (Wildman–Crippen LogP) is 4.59. The van der Waals surface area contributed by atoms with Crippen molar-refractivity contribution in [1.29, 1.82) is 0 Å². The molecule has 0 N–H and O–H groups in total. The summed E-state index contributed by atoms with van der Waals surface area (Å²) in [6.45, 7) is 0.282. The lowest BCUT2D eigenvalue weighted by atomic mass is 10.0. The van der Waals surface area contributed by atoms with E-state index in [1.807, 2.05) is 60.8 Å². The highest BCUT2D eigenvalue weighted by Crippen LogP contribution is 2.23. The highest BCUT2D eigenvalue weighted by atomic mass is 16.1. The van der Waals surface area contributed by atoms with Gasteiger partial charge in [0.05, 0.1) is 6.20 Å². The molecule has 0 atom stereocenters. The Kier molecular flexibility index (Phi) is 4.84. The number of carbonyl (C=O) groups is 1. The van der Waals surface area contributed by atoms with E-state index >= 15 is 0 Å². The van der Waals surface area contributed by atoms with Gasteiger partial charge in [-0.3, -0.25) is 4.79 Å². The van der Waals surface area contributed by atoms with Crippen LogP contribution in [0.2, 0.25) is 0 Å². The number of benzene rings is 3. The summed E-state index contributed by atoms with van der Waals surface area (Å²) in [7, 11) is 0. The lowest BCUT2D eigenvalue weighted by molar-refractivity contribution is -0.686. The molecule has 27 heavy (non-hydrogen) atoms. The van der Waals surface area contributed by atoms with Gasteiger partial charge >= 0.3 is 0 Å². The number of rotatable bonds is 5. The molecule has 0 aliphatic heterocycles. The molecule has 0 amide bonds. The molecule has 3 aromatic carbocycles. The largest absolute Gasteiger partial charge is 0.290 e. The van der Waals surface area contributed by atoms with Crippen molar-refractivity contribution >= 4 is 5.78 Å². The van der Waals surface area contributed by atoms with Crippen LogP contribution in [0.5, 0.6) is 0 Å². The molecule has 0 unspecified atom stereocenters. The monoisotopic (exact) mass is 351 g/mol. The molecule has 0 spiro atoms. The van der Waals surface area contributed by atoms with Crippen molar-refractivity contribution in [3.8, 4) is 22.4 Å². The third-order valence-electron chi connectivity index (χ3n) is 4.48. The first-order valence-electron chi connectivity index (χ1n) is 8.89. The molecule has 0 saturated carbocycles. The second-order valence-electron chi connectivity index (χ2n) is 6.35. The molecule has 1 aromatic heterocycles. The lowest BCUT2D eigenvalue weighted by Gasteiger charge is -2.03. The maximum Gasteiger partial charge on any atom is 0.287 e. The maximum absolute atomic E-state index is 12.3. The predicted molar refractivity (Wildman–Crippen MR) is 106 cm³/mol. The molecular weight excluding hydrogens is 332 g/mol. The molecule has 130 valence electrons. The number of hydrogen-bond acceptors (Lipinski definition) is 2. The molecule has 1 heterocycles. The Hall–Kier alpha value is -3.59. The molecule has 0 aliphatic rings. The van der Waals surface area contributed by atoms with E-state index in [2.05, 4.69) is 41.4 Å². The molecule has 0 bridgehead atoms. The normalized spacial score (nSPS) is 10.5. The molecule has 3 nitrogen and oxygen atoms in total.